The summed E-state index contributed by atoms with van der Waals surface area (Å²) >= 11 is 1.56. The minimum Gasteiger partial charge on any atom is -0.424 e. The minimum absolute atomic E-state index is 0.0856. The molecule has 1 amide bonds. The molecule has 0 aromatic carbocycles. The fraction of sp³-hybridized carbons (Fsp3) is 0.533. The van der Waals surface area contributed by atoms with Crippen molar-refractivity contribution in [1.82, 2.24) is 20.0 Å². The minimum atomic E-state index is 0.0856. The van der Waals surface area contributed by atoms with Crippen molar-refractivity contribution >= 4 is 17.2 Å². The van der Waals surface area contributed by atoms with Gasteiger partial charge in [0, 0.05) is 38.0 Å². The first-order chi connectivity index (χ1) is 10.5. The number of thiophene rings is 1. The summed E-state index contributed by atoms with van der Waals surface area (Å²) in [4.78, 5) is 18.6. The predicted molar refractivity (Wildman–Crippen MR) is 84.0 cm³/mol. The third kappa shape index (κ3) is 3.05. The Morgan fingerprint density at radius 1 is 1.23 bits per heavy atom. The van der Waals surface area contributed by atoms with Crippen LogP contribution in [-0.4, -0.2) is 52.1 Å². The second kappa shape index (κ2) is 6.18. The van der Waals surface area contributed by atoms with Gasteiger partial charge in [-0.3, -0.25) is 9.69 Å². The molecule has 3 rings (SSSR count). The highest BCUT2D eigenvalue weighted by Crippen LogP contribution is 2.22. The molecule has 118 valence electrons. The fourth-order valence-corrected chi connectivity index (χ4v) is 3.49. The number of carbonyl (C=O) groups is 1. The van der Waals surface area contributed by atoms with Crippen LogP contribution in [-0.2, 0) is 0 Å². The Morgan fingerprint density at radius 3 is 2.50 bits per heavy atom. The Kier molecular flexibility index (Phi) is 4.26. The lowest BCUT2D eigenvalue weighted by Gasteiger charge is -2.36. The van der Waals surface area contributed by atoms with E-state index in [0.717, 1.165) is 31.1 Å². The molecule has 0 radical (unpaired) electrons. The molecule has 0 spiro atoms. The molecule has 1 fully saturated rings. The van der Waals surface area contributed by atoms with Crippen molar-refractivity contribution < 1.29 is 9.21 Å². The van der Waals surface area contributed by atoms with Gasteiger partial charge in [0.05, 0.1) is 10.9 Å². The van der Waals surface area contributed by atoms with E-state index in [1.807, 2.05) is 24.0 Å². The van der Waals surface area contributed by atoms with Crippen LogP contribution in [0.25, 0.3) is 0 Å². The number of rotatable bonds is 3. The number of aromatic nitrogens is 2. The predicted octanol–water partition coefficient (Wildman–Crippen LogP) is 2.27. The van der Waals surface area contributed by atoms with Gasteiger partial charge in [-0.1, -0.05) is 0 Å². The zero-order valence-electron chi connectivity index (χ0n) is 13.1. The molecule has 7 heteroatoms. The lowest BCUT2D eigenvalue weighted by molar-refractivity contribution is 0.0562. The van der Waals surface area contributed by atoms with Gasteiger partial charge >= 0.3 is 0 Å². The van der Waals surface area contributed by atoms with Gasteiger partial charge < -0.3 is 9.32 Å². The summed E-state index contributed by atoms with van der Waals surface area (Å²) in [5, 5.41) is 7.97. The van der Waals surface area contributed by atoms with Gasteiger partial charge in [0.2, 0.25) is 11.8 Å². The molecule has 1 aliphatic heterocycles. The third-order valence-electron chi connectivity index (χ3n) is 4.00. The molecule has 2 aromatic heterocycles. The van der Waals surface area contributed by atoms with Crippen molar-refractivity contribution in [2.24, 2.45) is 0 Å². The van der Waals surface area contributed by atoms with E-state index in [-0.39, 0.29) is 11.9 Å². The van der Waals surface area contributed by atoms with Crippen LogP contribution in [0.5, 0.6) is 0 Å². The summed E-state index contributed by atoms with van der Waals surface area (Å²) in [5.41, 5.74) is 0. The van der Waals surface area contributed by atoms with E-state index in [1.54, 1.807) is 18.3 Å². The lowest BCUT2D eigenvalue weighted by atomic mass is 10.2. The molecule has 1 saturated heterocycles. The van der Waals surface area contributed by atoms with Gasteiger partial charge in [-0.15, -0.1) is 21.5 Å². The maximum absolute atomic E-state index is 12.4. The molecule has 0 aliphatic carbocycles. The molecule has 2 aromatic rings. The van der Waals surface area contributed by atoms with Crippen molar-refractivity contribution in [2.75, 3.05) is 26.2 Å². The normalized spacial score (nSPS) is 17.7. The van der Waals surface area contributed by atoms with E-state index < -0.39 is 0 Å². The molecule has 6 nitrogen and oxygen atoms in total. The summed E-state index contributed by atoms with van der Waals surface area (Å²) in [6.45, 7) is 8.97. The van der Waals surface area contributed by atoms with E-state index in [1.165, 1.54) is 4.88 Å². The van der Waals surface area contributed by atoms with Crippen LogP contribution in [0, 0.1) is 13.8 Å². The summed E-state index contributed by atoms with van der Waals surface area (Å²) < 4.78 is 5.50. The van der Waals surface area contributed by atoms with Crippen molar-refractivity contribution in [3.8, 4) is 0 Å². The molecule has 1 aliphatic rings. The van der Waals surface area contributed by atoms with Crippen LogP contribution in [0.1, 0.15) is 39.3 Å². The van der Waals surface area contributed by atoms with Crippen molar-refractivity contribution in [2.45, 2.75) is 26.8 Å². The summed E-state index contributed by atoms with van der Waals surface area (Å²) in [7, 11) is 0. The Balaban J connectivity index is 1.59. The Hall–Kier alpha value is -1.73. The van der Waals surface area contributed by atoms with Crippen LogP contribution >= 0.6 is 11.3 Å². The van der Waals surface area contributed by atoms with Crippen LogP contribution < -0.4 is 0 Å². The Bertz CT molecular complexity index is 658. The lowest BCUT2D eigenvalue weighted by Crippen LogP contribution is -2.49. The fourth-order valence-electron chi connectivity index (χ4n) is 2.65. The maximum atomic E-state index is 12.4. The second-order valence-corrected chi connectivity index (χ2v) is 6.86. The first-order valence-electron chi connectivity index (χ1n) is 7.44. The number of amides is 1. The number of aryl methyl sites for hydroxylation is 2. The van der Waals surface area contributed by atoms with E-state index in [0.29, 0.717) is 11.8 Å². The van der Waals surface area contributed by atoms with Gasteiger partial charge in [0.1, 0.15) is 0 Å². The van der Waals surface area contributed by atoms with Crippen LogP contribution in [0.15, 0.2) is 16.5 Å². The van der Waals surface area contributed by atoms with Gasteiger partial charge in [-0.05, 0) is 26.0 Å². The van der Waals surface area contributed by atoms with E-state index in [2.05, 4.69) is 22.0 Å². The van der Waals surface area contributed by atoms with Gasteiger partial charge in [-0.2, -0.15) is 0 Å². The highest BCUT2D eigenvalue weighted by molar-refractivity contribution is 7.13. The Morgan fingerprint density at radius 2 is 1.95 bits per heavy atom. The highest BCUT2D eigenvalue weighted by atomic mass is 32.1. The molecule has 1 atom stereocenters. The average Bonchev–Trinajstić information content (AvgIpc) is 3.14. The van der Waals surface area contributed by atoms with Gasteiger partial charge in [0.15, 0.2) is 0 Å². The molecular formula is C15H20N4O2S. The van der Waals surface area contributed by atoms with Crippen molar-refractivity contribution in [3.63, 3.8) is 0 Å². The first kappa shape index (κ1) is 15.2. The quantitative estimate of drug-likeness (QED) is 0.868. The van der Waals surface area contributed by atoms with Crippen molar-refractivity contribution in [3.05, 3.63) is 33.7 Å². The second-order valence-electron chi connectivity index (χ2n) is 5.57. The first-order valence-corrected chi connectivity index (χ1v) is 8.26. The highest BCUT2D eigenvalue weighted by Gasteiger charge is 2.28. The molecule has 3 heterocycles. The number of nitrogens with zero attached hydrogens (tertiary/aromatic N) is 4. The van der Waals surface area contributed by atoms with E-state index >= 15 is 0 Å². The monoisotopic (exact) mass is 320 g/mol. The number of hydrogen-bond acceptors (Lipinski definition) is 6. The SMILES string of the molecule is Cc1nnc(C(C)N2CCN(C(=O)c3ccc(C)s3)CC2)o1. The molecule has 1 unspecified atom stereocenters. The topological polar surface area (TPSA) is 62.5 Å². The maximum Gasteiger partial charge on any atom is 0.264 e. The van der Waals surface area contributed by atoms with Crippen LogP contribution in [0.4, 0.5) is 0 Å². The zero-order valence-corrected chi connectivity index (χ0v) is 13.9. The standard InChI is InChI=1S/C15H20N4O2S/c1-10-4-5-13(22-10)15(20)19-8-6-18(7-9-19)11(2)14-17-16-12(3)21-14/h4-5,11H,6-9H2,1-3H3. The van der Waals surface area contributed by atoms with Crippen LogP contribution in [0.3, 0.4) is 0 Å². The molecule has 0 saturated carbocycles. The van der Waals surface area contributed by atoms with Crippen molar-refractivity contribution in [1.29, 1.82) is 0 Å². The largest absolute Gasteiger partial charge is 0.424 e. The molecule has 0 N–H and O–H groups in total. The molecule has 22 heavy (non-hydrogen) atoms. The number of piperazine rings is 1. The Labute approximate surface area is 133 Å². The third-order valence-corrected chi connectivity index (χ3v) is 4.99. The summed E-state index contributed by atoms with van der Waals surface area (Å²) in [5.74, 6) is 1.37. The number of hydrogen-bond donors (Lipinski definition) is 0. The number of carbonyl (C=O) groups excluding carboxylic acids is 1. The molecule has 0 bridgehead atoms. The van der Waals surface area contributed by atoms with Crippen LogP contribution in [0.2, 0.25) is 0 Å². The van der Waals surface area contributed by atoms with Gasteiger partial charge in [-0.25, -0.2) is 0 Å². The van der Waals surface area contributed by atoms with Gasteiger partial charge in [0.25, 0.3) is 5.91 Å². The molecular weight excluding hydrogens is 300 g/mol. The summed E-state index contributed by atoms with van der Waals surface area (Å²) in [6, 6.07) is 3.99. The smallest absolute Gasteiger partial charge is 0.264 e. The zero-order chi connectivity index (χ0) is 15.7. The van der Waals surface area contributed by atoms with E-state index in [4.69, 9.17) is 4.42 Å². The van der Waals surface area contributed by atoms with E-state index in [9.17, 15) is 4.79 Å². The average molecular weight is 320 g/mol. The summed E-state index contributed by atoms with van der Waals surface area (Å²) in [6.07, 6.45) is 0.